The third-order valence-corrected chi connectivity index (χ3v) is 4.89. The van der Waals surface area contributed by atoms with E-state index in [0.717, 1.165) is 34.3 Å². The maximum atomic E-state index is 12.0. The zero-order valence-corrected chi connectivity index (χ0v) is 16.4. The van der Waals surface area contributed by atoms with Gasteiger partial charge in [-0.25, -0.2) is 9.78 Å². The van der Waals surface area contributed by atoms with Crippen molar-refractivity contribution >= 4 is 46.1 Å². The number of hydrogen-bond donors (Lipinski definition) is 1. The van der Waals surface area contributed by atoms with Gasteiger partial charge in [-0.15, -0.1) is 0 Å². The van der Waals surface area contributed by atoms with Crippen molar-refractivity contribution in [2.45, 2.75) is 25.5 Å². The van der Waals surface area contributed by atoms with Gasteiger partial charge in [0.25, 0.3) is 0 Å². The third kappa shape index (κ3) is 5.18. The lowest BCUT2D eigenvalue weighted by Gasteiger charge is -2.34. The van der Waals surface area contributed by atoms with Gasteiger partial charge in [0.15, 0.2) is 0 Å². The third-order valence-electron chi connectivity index (χ3n) is 3.95. The van der Waals surface area contributed by atoms with Crippen molar-refractivity contribution in [3.8, 4) is 0 Å². The fraction of sp³-hybridized carbons (Fsp3) is 0.353. The maximum Gasteiger partial charge on any atom is 0.407 e. The Balaban J connectivity index is 1.54. The molecule has 1 aromatic carbocycles. The van der Waals surface area contributed by atoms with Crippen molar-refractivity contribution in [2.75, 3.05) is 18.0 Å². The molecule has 25 heavy (non-hydrogen) atoms. The summed E-state index contributed by atoms with van der Waals surface area (Å²) >= 11 is 8.11. The van der Waals surface area contributed by atoms with E-state index in [1.165, 1.54) is 0 Å². The van der Waals surface area contributed by atoms with Crippen LogP contribution in [0.2, 0.25) is 5.28 Å². The van der Waals surface area contributed by atoms with Crippen molar-refractivity contribution < 1.29 is 9.53 Å². The van der Waals surface area contributed by atoms with E-state index in [1.807, 2.05) is 30.3 Å². The van der Waals surface area contributed by atoms with Gasteiger partial charge in [0.2, 0.25) is 5.28 Å². The number of nitrogens with zero attached hydrogens (tertiary/aromatic N) is 3. The molecule has 132 valence electrons. The second kappa shape index (κ2) is 8.66. The molecule has 6 nitrogen and oxygen atoms in total. The standard InChI is InChI=1S/C17H18ClIN4O2/c18-16-20-9-14(19)15(22-16)23-8-4-7-13(10-23)21-17(24)25-11-12-5-2-1-3-6-12/h1-3,5-6,9,13H,4,7-8,10-11H2,(H,21,24)/t13-/m0/s1. The molecular weight excluding hydrogens is 455 g/mol. The lowest BCUT2D eigenvalue weighted by atomic mass is 10.1. The van der Waals surface area contributed by atoms with Gasteiger partial charge < -0.3 is 15.0 Å². The fourth-order valence-electron chi connectivity index (χ4n) is 2.78. The summed E-state index contributed by atoms with van der Waals surface area (Å²) in [5.41, 5.74) is 0.966. The Kier molecular flexibility index (Phi) is 6.30. The molecule has 1 aromatic heterocycles. The van der Waals surface area contributed by atoms with Gasteiger partial charge in [0.1, 0.15) is 12.4 Å². The summed E-state index contributed by atoms with van der Waals surface area (Å²) in [5.74, 6) is 0.810. The Bertz CT molecular complexity index is 732. The number of ether oxygens (including phenoxy) is 1. The van der Waals surface area contributed by atoms with Crippen molar-refractivity contribution in [1.29, 1.82) is 0 Å². The average Bonchev–Trinajstić information content (AvgIpc) is 2.63. The van der Waals surface area contributed by atoms with Crippen LogP contribution in [0.5, 0.6) is 0 Å². The van der Waals surface area contributed by atoms with Crippen molar-refractivity contribution in [3.05, 3.63) is 50.9 Å². The van der Waals surface area contributed by atoms with Crippen molar-refractivity contribution in [1.82, 2.24) is 15.3 Å². The first-order valence-electron chi connectivity index (χ1n) is 8.02. The number of benzene rings is 1. The molecule has 0 saturated carbocycles. The van der Waals surface area contributed by atoms with Crippen LogP contribution in [0.15, 0.2) is 36.5 Å². The highest BCUT2D eigenvalue weighted by molar-refractivity contribution is 14.1. The molecule has 1 aliphatic heterocycles. The minimum atomic E-state index is -0.397. The van der Waals surface area contributed by atoms with Gasteiger partial charge >= 0.3 is 6.09 Å². The largest absolute Gasteiger partial charge is 0.445 e. The predicted molar refractivity (Wildman–Crippen MR) is 105 cm³/mol. The Hall–Kier alpha value is -1.61. The van der Waals surface area contributed by atoms with Crippen LogP contribution in [0, 0.1) is 3.57 Å². The van der Waals surface area contributed by atoms with Crippen LogP contribution in [0.4, 0.5) is 10.6 Å². The zero-order valence-electron chi connectivity index (χ0n) is 13.5. The van der Waals surface area contributed by atoms with Gasteiger partial charge in [-0.05, 0) is 52.6 Å². The molecule has 0 bridgehead atoms. The summed E-state index contributed by atoms with van der Waals surface area (Å²) in [6, 6.07) is 9.64. The number of amides is 1. The molecule has 0 radical (unpaired) electrons. The van der Waals surface area contributed by atoms with E-state index in [9.17, 15) is 4.79 Å². The molecule has 0 spiro atoms. The molecule has 1 amide bonds. The number of halogens is 2. The normalized spacial score (nSPS) is 17.2. The van der Waals surface area contributed by atoms with E-state index >= 15 is 0 Å². The summed E-state index contributed by atoms with van der Waals surface area (Å²) in [7, 11) is 0. The second-order valence-corrected chi connectivity index (χ2v) is 7.30. The summed E-state index contributed by atoms with van der Waals surface area (Å²) in [6.45, 7) is 1.81. The Morgan fingerprint density at radius 1 is 1.40 bits per heavy atom. The van der Waals surface area contributed by atoms with Crippen LogP contribution < -0.4 is 10.2 Å². The number of alkyl carbamates (subject to hydrolysis) is 1. The minimum Gasteiger partial charge on any atom is -0.445 e. The van der Waals surface area contributed by atoms with Crippen molar-refractivity contribution in [2.24, 2.45) is 0 Å². The summed E-state index contributed by atoms with van der Waals surface area (Å²) in [4.78, 5) is 22.5. The molecule has 0 unspecified atom stereocenters. The van der Waals surface area contributed by atoms with E-state index in [0.29, 0.717) is 6.54 Å². The Labute approximate surface area is 165 Å². The van der Waals surface area contributed by atoms with Crippen LogP contribution in [-0.4, -0.2) is 35.2 Å². The second-order valence-electron chi connectivity index (χ2n) is 5.80. The van der Waals surface area contributed by atoms with Gasteiger partial charge in [0.05, 0.1) is 3.57 Å². The minimum absolute atomic E-state index is 0.0153. The average molecular weight is 473 g/mol. The maximum absolute atomic E-state index is 12.0. The van der Waals surface area contributed by atoms with E-state index in [-0.39, 0.29) is 17.9 Å². The van der Waals surface area contributed by atoms with Crippen LogP contribution in [0.1, 0.15) is 18.4 Å². The quantitative estimate of drug-likeness (QED) is 0.544. The highest BCUT2D eigenvalue weighted by Gasteiger charge is 2.24. The number of anilines is 1. The van der Waals surface area contributed by atoms with E-state index in [4.69, 9.17) is 16.3 Å². The fourth-order valence-corrected chi connectivity index (χ4v) is 3.51. The van der Waals surface area contributed by atoms with Gasteiger partial charge in [-0.1, -0.05) is 30.3 Å². The summed E-state index contributed by atoms with van der Waals surface area (Å²) in [5, 5.41) is 3.17. The van der Waals surface area contributed by atoms with E-state index in [1.54, 1.807) is 6.20 Å². The molecule has 2 heterocycles. The Morgan fingerprint density at radius 2 is 2.20 bits per heavy atom. The Morgan fingerprint density at radius 3 is 3.00 bits per heavy atom. The van der Waals surface area contributed by atoms with Gasteiger partial charge in [0, 0.05) is 25.3 Å². The number of nitrogens with one attached hydrogen (secondary N) is 1. The molecule has 2 aromatic rings. The molecule has 1 aliphatic rings. The molecule has 3 rings (SSSR count). The predicted octanol–water partition coefficient (Wildman–Crippen LogP) is 3.63. The number of rotatable bonds is 4. The van der Waals surface area contributed by atoms with Crippen LogP contribution in [-0.2, 0) is 11.3 Å². The molecular formula is C17H18ClIN4O2. The molecule has 8 heteroatoms. The zero-order chi connectivity index (χ0) is 17.6. The smallest absolute Gasteiger partial charge is 0.407 e. The molecule has 1 fully saturated rings. The van der Waals surface area contributed by atoms with Gasteiger partial charge in [-0.2, -0.15) is 4.98 Å². The highest BCUT2D eigenvalue weighted by Crippen LogP contribution is 2.24. The molecule has 0 aliphatic carbocycles. The lowest BCUT2D eigenvalue weighted by molar-refractivity contribution is 0.134. The first-order chi connectivity index (χ1) is 12.1. The molecule has 1 saturated heterocycles. The first-order valence-corrected chi connectivity index (χ1v) is 9.47. The van der Waals surface area contributed by atoms with E-state index < -0.39 is 6.09 Å². The van der Waals surface area contributed by atoms with Crippen molar-refractivity contribution in [3.63, 3.8) is 0 Å². The number of carbonyl (C=O) groups is 1. The van der Waals surface area contributed by atoms with Crippen LogP contribution >= 0.6 is 34.2 Å². The molecule has 1 atom stereocenters. The lowest BCUT2D eigenvalue weighted by Crippen LogP contribution is -2.48. The van der Waals surface area contributed by atoms with Crippen LogP contribution in [0.25, 0.3) is 0 Å². The number of hydrogen-bond acceptors (Lipinski definition) is 5. The topological polar surface area (TPSA) is 67.4 Å². The number of carbonyl (C=O) groups excluding carboxylic acids is 1. The van der Waals surface area contributed by atoms with Gasteiger partial charge in [-0.3, -0.25) is 0 Å². The van der Waals surface area contributed by atoms with Crippen LogP contribution in [0.3, 0.4) is 0 Å². The monoisotopic (exact) mass is 472 g/mol. The SMILES string of the molecule is O=C(N[C@H]1CCCN(c2nc(Cl)ncc2I)C1)OCc1ccccc1. The first kappa shape index (κ1) is 18.2. The van der Waals surface area contributed by atoms with E-state index in [2.05, 4.69) is 42.8 Å². The highest BCUT2D eigenvalue weighted by atomic mass is 127. The summed E-state index contributed by atoms with van der Waals surface area (Å²) in [6.07, 6.45) is 3.18. The molecule has 1 N–H and O–H groups in total. The number of piperidine rings is 1. The number of aromatic nitrogens is 2. The summed E-state index contributed by atoms with van der Waals surface area (Å²) < 4.78 is 6.24.